The van der Waals surface area contributed by atoms with Gasteiger partial charge >= 0.3 is 5.97 Å². The van der Waals surface area contributed by atoms with Crippen LogP contribution in [-0.2, 0) is 19.9 Å². The summed E-state index contributed by atoms with van der Waals surface area (Å²) in [5.41, 5.74) is 4.24. The second-order valence-corrected chi connectivity index (χ2v) is 14.9. The van der Waals surface area contributed by atoms with E-state index in [2.05, 4.69) is 87.5 Å². The van der Waals surface area contributed by atoms with E-state index in [4.69, 9.17) is 9.47 Å². The minimum atomic E-state index is -0.376. The lowest BCUT2D eigenvalue weighted by atomic mass is 9.46. The Morgan fingerprint density at radius 1 is 0.805 bits per heavy atom. The molecular weight excluding hydrogens is 504 g/mol. The fraction of sp³-hybridized carbons (Fsp3) is 0.605. The Hall–Kier alpha value is -2.39. The van der Waals surface area contributed by atoms with Crippen molar-refractivity contribution < 1.29 is 14.3 Å². The summed E-state index contributed by atoms with van der Waals surface area (Å²) in [6, 6.07) is 22.0. The normalized spacial score (nSPS) is 41.1. The first kappa shape index (κ1) is 27.4. The Morgan fingerprint density at radius 2 is 1.49 bits per heavy atom. The van der Waals surface area contributed by atoms with Gasteiger partial charge in [0, 0.05) is 13.3 Å². The highest BCUT2D eigenvalue weighted by atomic mass is 16.5. The summed E-state index contributed by atoms with van der Waals surface area (Å²) in [4.78, 5) is 11.7. The van der Waals surface area contributed by atoms with E-state index in [1.54, 1.807) is 12.5 Å². The van der Waals surface area contributed by atoms with Gasteiger partial charge in [0.15, 0.2) is 0 Å². The molecule has 5 aliphatic rings. The highest BCUT2D eigenvalue weighted by Crippen LogP contribution is 2.69. The average molecular weight is 553 g/mol. The molecule has 218 valence electrons. The Kier molecular flexibility index (Phi) is 6.58. The number of carbonyl (C=O) groups is 1. The molecule has 7 rings (SSSR count). The topological polar surface area (TPSA) is 35.5 Å². The van der Waals surface area contributed by atoms with Gasteiger partial charge in [0.2, 0.25) is 0 Å². The fourth-order valence-electron chi connectivity index (χ4n) is 11.1. The third-order valence-electron chi connectivity index (χ3n) is 13.0. The van der Waals surface area contributed by atoms with Gasteiger partial charge in [0.25, 0.3) is 0 Å². The van der Waals surface area contributed by atoms with Crippen molar-refractivity contribution >= 4 is 5.97 Å². The molecule has 1 aliphatic heterocycles. The Labute approximate surface area is 247 Å². The van der Waals surface area contributed by atoms with Crippen LogP contribution in [0, 0.1) is 34.5 Å². The molecule has 0 radical (unpaired) electrons. The van der Waals surface area contributed by atoms with Crippen molar-refractivity contribution in [1.29, 1.82) is 0 Å². The predicted molar refractivity (Wildman–Crippen MR) is 163 cm³/mol. The number of fused-ring (bicyclic) bond motifs is 5. The number of carbonyl (C=O) groups excluding carboxylic acids is 1. The zero-order valence-electron chi connectivity index (χ0n) is 25.5. The lowest BCUT2D eigenvalue weighted by molar-refractivity contribution is -0.153. The van der Waals surface area contributed by atoms with Gasteiger partial charge < -0.3 is 9.47 Å². The van der Waals surface area contributed by atoms with Crippen LogP contribution in [0.2, 0.25) is 0 Å². The molecule has 4 fully saturated rings. The van der Waals surface area contributed by atoms with Gasteiger partial charge in [0.05, 0.1) is 5.60 Å². The number of esters is 1. The standard InChI is InChI=1S/C38H48O3/c1-26(39)40-30-19-21-35(2)29(25-30)15-16-31-32-17-18-34(36(32,3)22-20-33(31)35)37(4)23-24-38(41-37,27-11-7-5-8-12-27)28-13-9-6-10-14-28/h5-15,30-34H,16-25H2,1-4H3/t30-,31-,32-,33-,34-,35+,36+,37+/m1/s1. The van der Waals surface area contributed by atoms with Crippen LogP contribution in [0.3, 0.4) is 0 Å². The molecule has 3 nitrogen and oxygen atoms in total. The van der Waals surface area contributed by atoms with Crippen LogP contribution in [0.4, 0.5) is 0 Å². The zero-order chi connectivity index (χ0) is 28.5. The maximum absolute atomic E-state index is 11.7. The van der Waals surface area contributed by atoms with Crippen molar-refractivity contribution in [3.05, 3.63) is 83.4 Å². The van der Waals surface area contributed by atoms with Gasteiger partial charge in [-0.25, -0.2) is 0 Å². The minimum Gasteiger partial charge on any atom is -0.462 e. The smallest absolute Gasteiger partial charge is 0.302 e. The van der Waals surface area contributed by atoms with E-state index >= 15 is 0 Å². The maximum Gasteiger partial charge on any atom is 0.302 e. The number of hydrogen-bond donors (Lipinski definition) is 0. The monoisotopic (exact) mass is 552 g/mol. The molecule has 1 heterocycles. The lowest BCUT2D eigenvalue weighted by Crippen LogP contribution is -2.53. The Bertz CT molecular complexity index is 1280. The van der Waals surface area contributed by atoms with E-state index in [9.17, 15) is 4.79 Å². The number of allylic oxidation sites excluding steroid dienone is 1. The molecule has 4 aliphatic carbocycles. The van der Waals surface area contributed by atoms with Crippen molar-refractivity contribution in [2.45, 2.75) is 109 Å². The van der Waals surface area contributed by atoms with Gasteiger partial charge in [-0.2, -0.15) is 0 Å². The summed E-state index contributed by atoms with van der Waals surface area (Å²) in [6.07, 6.45) is 14.3. The summed E-state index contributed by atoms with van der Waals surface area (Å²) in [5, 5.41) is 0. The molecule has 2 aromatic carbocycles. The van der Waals surface area contributed by atoms with Crippen LogP contribution < -0.4 is 0 Å². The first-order valence-corrected chi connectivity index (χ1v) is 16.4. The first-order chi connectivity index (χ1) is 19.7. The van der Waals surface area contributed by atoms with Gasteiger partial charge in [-0.1, -0.05) is 86.2 Å². The van der Waals surface area contributed by atoms with Crippen molar-refractivity contribution in [1.82, 2.24) is 0 Å². The number of rotatable bonds is 4. The second-order valence-electron chi connectivity index (χ2n) is 14.9. The largest absolute Gasteiger partial charge is 0.462 e. The van der Waals surface area contributed by atoms with Crippen molar-refractivity contribution in [2.24, 2.45) is 34.5 Å². The molecule has 0 aromatic heterocycles. The van der Waals surface area contributed by atoms with Crippen LogP contribution in [0.1, 0.15) is 103 Å². The molecule has 0 amide bonds. The van der Waals surface area contributed by atoms with Crippen molar-refractivity contribution in [3.63, 3.8) is 0 Å². The lowest BCUT2D eigenvalue weighted by Gasteiger charge is -2.59. The number of hydrogen-bond acceptors (Lipinski definition) is 3. The van der Waals surface area contributed by atoms with Gasteiger partial charge in [-0.15, -0.1) is 0 Å². The molecule has 0 unspecified atom stereocenters. The van der Waals surface area contributed by atoms with Crippen LogP contribution >= 0.6 is 0 Å². The molecule has 1 saturated heterocycles. The zero-order valence-corrected chi connectivity index (χ0v) is 25.5. The SMILES string of the molecule is CC(=O)O[C@@H]1CC[C@@]2(C)C(=CC[C@@H]3[C@H]4CC[C@@H]([C@]5(C)CCC(c6ccccc6)(c6ccccc6)O5)[C@@]4(C)CC[C@H]32)C1. The quantitative estimate of drug-likeness (QED) is 0.280. The summed E-state index contributed by atoms with van der Waals surface area (Å²) in [5.74, 6) is 2.71. The van der Waals surface area contributed by atoms with Gasteiger partial charge in [-0.05, 0) is 110 Å². The highest BCUT2D eigenvalue weighted by molar-refractivity contribution is 5.66. The van der Waals surface area contributed by atoms with E-state index in [1.807, 2.05) is 0 Å². The number of ether oxygens (including phenoxy) is 2. The van der Waals surface area contributed by atoms with E-state index in [0.717, 1.165) is 49.9 Å². The summed E-state index contributed by atoms with van der Waals surface area (Å²) >= 11 is 0. The summed E-state index contributed by atoms with van der Waals surface area (Å²) < 4.78 is 13.2. The summed E-state index contributed by atoms with van der Waals surface area (Å²) in [6.45, 7) is 9.20. The van der Waals surface area contributed by atoms with Crippen molar-refractivity contribution in [2.75, 3.05) is 0 Å². The third-order valence-corrected chi connectivity index (χ3v) is 13.0. The Balaban J connectivity index is 1.17. The van der Waals surface area contributed by atoms with Gasteiger partial charge in [0.1, 0.15) is 11.7 Å². The molecule has 3 heteroatoms. The molecule has 0 bridgehead atoms. The second kappa shape index (κ2) is 9.83. The highest BCUT2D eigenvalue weighted by Gasteiger charge is 2.64. The van der Waals surface area contributed by atoms with Crippen LogP contribution in [0.25, 0.3) is 0 Å². The molecule has 41 heavy (non-hydrogen) atoms. The van der Waals surface area contributed by atoms with Crippen LogP contribution in [-0.4, -0.2) is 17.7 Å². The molecule has 0 N–H and O–H groups in total. The third kappa shape index (κ3) is 4.20. The summed E-state index contributed by atoms with van der Waals surface area (Å²) in [7, 11) is 0. The Morgan fingerprint density at radius 3 is 2.15 bits per heavy atom. The van der Waals surface area contributed by atoms with E-state index < -0.39 is 0 Å². The van der Waals surface area contributed by atoms with Crippen LogP contribution in [0.5, 0.6) is 0 Å². The minimum absolute atomic E-state index is 0.0713. The molecule has 3 saturated carbocycles. The number of benzene rings is 2. The predicted octanol–water partition coefficient (Wildman–Crippen LogP) is 9.01. The van der Waals surface area contributed by atoms with E-state index in [-0.39, 0.29) is 28.7 Å². The molecule has 8 atom stereocenters. The fourth-order valence-corrected chi connectivity index (χ4v) is 11.1. The van der Waals surface area contributed by atoms with E-state index in [1.165, 1.54) is 43.2 Å². The molecular formula is C38H48O3. The van der Waals surface area contributed by atoms with Gasteiger partial charge in [-0.3, -0.25) is 4.79 Å². The van der Waals surface area contributed by atoms with Crippen LogP contribution in [0.15, 0.2) is 72.3 Å². The first-order valence-electron chi connectivity index (χ1n) is 16.4. The van der Waals surface area contributed by atoms with Crippen molar-refractivity contribution in [3.8, 4) is 0 Å². The van der Waals surface area contributed by atoms with E-state index in [0.29, 0.717) is 11.3 Å². The molecule has 0 spiro atoms. The molecule has 2 aromatic rings. The average Bonchev–Trinajstić information content (AvgIpc) is 3.53. The maximum atomic E-state index is 11.7.